The van der Waals surface area contributed by atoms with Crippen LogP contribution in [0, 0.1) is 52.3 Å². The molecule has 6 aliphatic carbocycles. The van der Waals surface area contributed by atoms with Crippen LogP contribution < -0.4 is 10.6 Å². The molecule has 4 N–H and O–H groups in total. The van der Waals surface area contributed by atoms with Crippen molar-refractivity contribution in [1.29, 1.82) is 0 Å². The molecule has 2 spiro atoms. The minimum Gasteiger partial charge on any atom is -0.392 e. The first kappa shape index (κ1) is 28.5. The molecule has 2 bridgehead atoms. The van der Waals surface area contributed by atoms with Gasteiger partial charge in [0.15, 0.2) is 0 Å². The third-order valence-corrected chi connectivity index (χ3v) is 15.9. The zero-order valence-corrected chi connectivity index (χ0v) is 27.1. The molecule has 5 saturated carbocycles. The summed E-state index contributed by atoms with van der Waals surface area (Å²) in [6.45, 7) is 16.8. The standard InChI is InChI=1S/C38H58N2O2/c1-21(2)24-9-10-35(5)29-8-7-26-17-27-18-28-14-25-16-33(39-20-23(4)41)34(42)19-31(25)37(28)11-12-38(26,40-36(27,37)6)32(29)13-22(3)30(35)15-24/h13,23-29,31,33-34,39-42H,1,7-12,14-20H2,2-6H3. The highest BCUT2D eigenvalue weighted by Gasteiger charge is 2.76. The van der Waals surface area contributed by atoms with Gasteiger partial charge in [-0.3, -0.25) is 0 Å². The van der Waals surface area contributed by atoms with Crippen molar-refractivity contribution in [2.24, 2.45) is 52.3 Å². The van der Waals surface area contributed by atoms with Crippen LogP contribution >= 0.6 is 0 Å². The van der Waals surface area contributed by atoms with Crippen LogP contribution in [0.15, 0.2) is 34.9 Å². The number of nitrogens with one attached hydrogen (secondary N) is 2. The summed E-state index contributed by atoms with van der Waals surface area (Å²) in [6.07, 6.45) is 17.5. The molecule has 2 saturated heterocycles. The lowest BCUT2D eigenvalue weighted by Gasteiger charge is -2.69. The van der Waals surface area contributed by atoms with Gasteiger partial charge in [0.25, 0.3) is 0 Å². The summed E-state index contributed by atoms with van der Waals surface area (Å²) in [5.41, 5.74) is 7.50. The maximum absolute atomic E-state index is 11.4. The van der Waals surface area contributed by atoms with Crippen molar-refractivity contribution in [2.45, 2.75) is 141 Å². The number of hydrogen-bond acceptors (Lipinski definition) is 4. The average Bonchev–Trinajstić information content (AvgIpc) is 3.38. The number of fused-ring (bicyclic) bond motifs is 4. The largest absolute Gasteiger partial charge is 0.392 e. The summed E-state index contributed by atoms with van der Waals surface area (Å²) >= 11 is 0. The van der Waals surface area contributed by atoms with E-state index in [0.717, 1.165) is 30.6 Å². The van der Waals surface area contributed by atoms with Gasteiger partial charge < -0.3 is 20.8 Å². The predicted molar refractivity (Wildman–Crippen MR) is 170 cm³/mol. The van der Waals surface area contributed by atoms with Crippen molar-refractivity contribution in [1.82, 2.24) is 10.6 Å². The molecule has 0 amide bonds. The van der Waals surface area contributed by atoms with Crippen LogP contribution in [0.2, 0.25) is 0 Å². The molecule has 0 aromatic rings. The molecule has 4 heteroatoms. The van der Waals surface area contributed by atoms with Gasteiger partial charge in [-0.2, -0.15) is 0 Å². The third-order valence-electron chi connectivity index (χ3n) is 15.9. The summed E-state index contributed by atoms with van der Waals surface area (Å²) in [6, 6.07) is 0.134. The zero-order valence-electron chi connectivity index (χ0n) is 27.1. The lowest BCUT2D eigenvalue weighted by Crippen LogP contribution is -2.77. The van der Waals surface area contributed by atoms with Crippen LogP contribution in [-0.2, 0) is 0 Å². The Morgan fingerprint density at radius 3 is 2.60 bits per heavy atom. The summed E-state index contributed by atoms with van der Waals surface area (Å²) < 4.78 is 0. The van der Waals surface area contributed by atoms with Crippen LogP contribution in [0.25, 0.3) is 0 Å². The van der Waals surface area contributed by atoms with E-state index < -0.39 is 0 Å². The second-order valence-corrected chi connectivity index (χ2v) is 17.5. The van der Waals surface area contributed by atoms with Gasteiger partial charge in [0.2, 0.25) is 0 Å². The molecular formula is C38H58N2O2. The van der Waals surface area contributed by atoms with E-state index in [-0.39, 0.29) is 29.3 Å². The number of aliphatic hydroxyl groups excluding tert-OH is 2. The Labute approximate surface area is 255 Å². The van der Waals surface area contributed by atoms with Crippen molar-refractivity contribution >= 4 is 0 Å². The fourth-order valence-electron chi connectivity index (χ4n) is 14.1. The van der Waals surface area contributed by atoms with Crippen molar-refractivity contribution in [3.63, 3.8) is 0 Å². The Balaban J connectivity index is 1.14. The molecule has 0 radical (unpaired) electrons. The summed E-state index contributed by atoms with van der Waals surface area (Å²) in [5, 5.41) is 29.5. The first-order valence-electron chi connectivity index (χ1n) is 17.9. The van der Waals surface area contributed by atoms with Gasteiger partial charge >= 0.3 is 0 Å². The van der Waals surface area contributed by atoms with Gasteiger partial charge in [0.1, 0.15) is 0 Å². The van der Waals surface area contributed by atoms with Crippen LogP contribution in [-0.4, -0.2) is 46.1 Å². The van der Waals surface area contributed by atoms with E-state index in [0.29, 0.717) is 41.0 Å². The quantitative estimate of drug-likeness (QED) is 0.283. The Bertz CT molecular complexity index is 1240. The Hall–Kier alpha value is -0.940. The molecular weight excluding hydrogens is 516 g/mol. The van der Waals surface area contributed by atoms with E-state index >= 15 is 0 Å². The number of aliphatic hydroxyl groups is 2. The maximum Gasteiger partial charge on any atom is 0.0696 e. The molecule has 42 heavy (non-hydrogen) atoms. The number of hydrogen-bond donors (Lipinski definition) is 4. The molecule has 8 aliphatic rings. The number of rotatable bonds is 4. The fraction of sp³-hybridized carbons (Fsp3) is 0.842. The lowest BCUT2D eigenvalue weighted by molar-refractivity contribution is -0.119. The smallest absolute Gasteiger partial charge is 0.0696 e. The highest BCUT2D eigenvalue weighted by Crippen LogP contribution is 2.76. The van der Waals surface area contributed by atoms with Crippen LogP contribution in [0.4, 0.5) is 0 Å². The van der Waals surface area contributed by atoms with Crippen molar-refractivity contribution in [2.75, 3.05) is 6.54 Å². The van der Waals surface area contributed by atoms with Gasteiger partial charge in [-0.25, -0.2) is 0 Å². The predicted octanol–water partition coefficient (Wildman–Crippen LogP) is 6.69. The lowest BCUT2D eigenvalue weighted by atomic mass is 9.43. The molecule has 7 fully saturated rings. The van der Waals surface area contributed by atoms with Gasteiger partial charge in [-0.05, 0) is 163 Å². The normalized spacial score (nSPS) is 54.6. The summed E-state index contributed by atoms with van der Waals surface area (Å²) in [7, 11) is 0. The van der Waals surface area contributed by atoms with E-state index in [1.54, 1.807) is 16.7 Å². The SMILES string of the molecule is C=C(C)C1CCC2(C)C(=C(C)C=C3C2CCC2CC4CC5CC6CC(NCC(C)O)C(O)CC6C56CCC32NC46C)C1. The Morgan fingerprint density at radius 1 is 1.05 bits per heavy atom. The number of allylic oxidation sites excluding steroid dienone is 4. The highest BCUT2D eigenvalue weighted by molar-refractivity contribution is 5.48. The average molecular weight is 575 g/mol. The second kappa shape index (κ2) is 9.30. The minimum absolute atomic E-state index is 0.134. The third kappa shape index (κ3) is 3.50. The second-order valence-electron chi connectivity index (χ2n) is 17.5. The van der Waals surface area contributed by atoms with Crippen LogP contribution in [0.3, 0.4) is 0 Å². The Kier molecular flexibility index (Phi) is 6.32. The monoisotopic (exact) mass is 574 g/mol. The highest BCUT2D eigenvalue weighted by atomic mass is 16.3. The summed E-state index contributed by atoms with van der Waals surface area (Å²) in [5.74, 6) is 5.04. The molecule has 2 aliphatic heterocycles. The summed E-state index contributed by atoms with van der Waals surface area (Å²) in [4.78, 5) is 0. The zero-order chi connectivity index (χ0) is 29.4. The molecule has 0 aromatic heterocycles. The van der Waals surface area contributed by atoms with E-state index in [2.05, 4.69) is 45.7 Å². The van der Waals surface area contributed by atoms with E-state index in [1.807, 2.05) is 6.92 Å². The molecule has 232 valence electrons. The van der Waals surface area contributed by atoms with Crippen LogP contribution in [0.1, 0.15) is 112 Å². The first-order chi connectivity index (χ1) is 19.9. The Morgan fingerprint density at radius 2 is 1.83 bits per heavy atom. The maximum atomic E-state index is 11.4. The fourth-order valence-corrected chi connectivity index (χ4v) is 14.1. The minimum atomic E-state index is -0.364. The van der Waals surface area contributed by atoms with E-state index in [1.165, 1.54) is 69.8 Å². The van der Waals surface area contributed by atoms with Crippen molar-refractivity contribution < 1.29 is 10.2 Å². The first-order valence-corrected chi connectivity index (χ1v) is 17.9. The van der Waals surface area contributed by atoms with Gasteiger partial charge in [-0.15, -0.1) is 0 Å². The van der Waals surface area contributed by atoms with E-state index in [4.69, 9.17) is 5.32 Å². The van der Waals surface area contributed by atoms with E-state index in [9.17, 15) is 10.2 Å². The van der Waals surface area contributed by atoms with Crippen molar-refractivity contribution in [3.8, 4) is 0 Å². The topological polar surface area (TPSA) is 64.5 Å². The molecule has 0 aromatic carbocycles. The molecule has 14 unspecified atom stereocenters. The van der Waals surface area contributed by atoms with Crippen LogP contribution in [0.5, 0.6) is 0 Å². The van der Waals surface area contributed by atoms with Gasteiger partial charge in [-0.1, -0.05) is 36.3 Å². The van der Waals surface area contributed by atoms with Gasteiger partial charge in [0, 0.05) is 23.7 Å². The van der Waals surface area contributed by atoms with Gasteiger partial charge in [0.05, 0.1) is 12.2 Å². The molecule has 8 rings (SSSR count). The molecule has 2 heterocycles. The molecule has 4 nitrogen and oxygen atoms in total. The number of piperidine rings is 2. The van der Waals surface area contributed by atoms with Crippen molar-refractivity contribution in [3.05, 3.63) is 34.9 Å². The molecule has 14 atom stereocenters.